The summed E-state index contributed by atoms with van der Waals surface area (Å²) in [5.41, 5.74) is 1.52. The Labute approximate surface area is 164 Å². The van der Waals surface area contributed by atoms with Crippen LogP contribution >= 0.6 is 11.6 Å². The number of hydrogen-bond donors (Lipinski definition) is 1. The zero-order valence-electron chi connectivity index (χ0n) is 15.7. The molecule has 0 spiro atoms. The highest BCUT2D eigenvalue weighted by atomic mass is 35.5. The third-order valence-electron chi connectivity index (χ3n) is 6.15. The molecule has 2 aliphatic rings. The smallest absolute Gasteiger partial charge is 0.270 e. The van der Waals surface area contributed by atoms with Gasteiger partial charge in [0.05, 0.1) is 0 Å². The van der Waals surface area contributed by atoms with Gasteiger partial charge >= 0.3 is 0 Å². The number of fused-ring (bicyclic) bond motifs is 1. The van der Waals surface area contributed by atoms with Gasteiger partial charge in [0.15, 0.2) is 0 Å². The van der Waals surface area contributed by atoms with Gasteiger partial charge in [0.2, 0.25) is 5.91 Å². The van der Waals surface area contributed by atoms with Crippen LogP contribution in [0.4, 0.5) is 0 Å². The molecule has 6 heteroatoms. The van der Waals surface area contributed by atoms with Gasteiger partial charge in [-0.25, -0.2) is 0 Å². The maximum Gasteiger partial charge on any atom is 0.270 e. The van der Waals surface area contributed by atoms with E-state index >= 15 is 0 Å². The molecule has 3 heterocycles. The summed E-state index contributed by atoms with van der Waals surface area (Å²) >= 11 is 6.03. The molecule has 2 fully saturated rings. The molecule has 2 saturated heterocycles. The highest BCUT2D eigenvalue weighted by molar-refractivity contribution is 6.31. The highest BCUT2D eigenvalue weighted by Crippen LogP contribution is 2.29. The van der Waals surface area contributed by atoms with Gasteiger partial charge in [-0.15, -0.1) is 0 Å². The van der Waals surface area contributed by atoms with Gasteiger partial charge in [0, 0.05) is 48.0 Å². The third kappa shape index (κ3) is 3.70. The van der Waals surface area contributed by atoms with Gasteiger partial charge in [-0.1, -0.05) is 18.5 Å². The van der Waals surface area contributed by atoms with Gasteiger partial charge in [0.1, 0.15) is 5.69 Å². The first-order chi connectivity index (χ1) is 13.0. The Kier molecular flexibility index (Phi) is 5.13. The first-order valence-electron chi connectivity index (χ1n) is 9.89. The van der Waals surface area contributed by atoms with E-state index in [0.29, 0.717) is 35.6 Å². The van der Waals surface area contributed by atoms with Crippen molar-refractivity contribution >= 4 is 34.3 Å². The van der Waals surface area contributed by atoms with Crippen LogP contribution in [0.25, 0.3) is 10.9 Å². The second-order valence-electron chi connectivity index (χ2n) is 7.87. The third-order valence-corrected chi connectivity index (χ3v) is 6.39. The predicted molar refractivity (Wildman–Crippen MR) is 107 cm³/mol. The Bertz CT molecular complexity index is 848. The first kappa shape index (κ1) is 18.4. The number of amides is 2. The molecule has 1 N–H and O–H groups in total. The van der Waals surface area contributed by atoms with Crippen LogP contribution in [0.3, 0.4) is 0 Å². The predicted octanol–water partition coefficient (Wildman–Crippen LogP) is 3.93. The quantitative estimate of drug-likeness (QED) is 0.867. The van der Waals surface area contributed by atoms with E-state index in [1.165, 1.54) is 0 Å². The number of aromatic amines is 1. The number of hydrogen-bond acceptors (Lipinski definition) is 2. The summed E-state index contributed by atoms with van der Waals surface area (Å²) in [6.07, 6.45) is 4.03. The Morgan fingerprint density at radius 1 is 1.07 bits per heavy atom. The molecular formula is C21H26ClN3O2. The van der Waals surface area contributed by atoms with Crippen LogP contribution in [0.2, 0.25) is 5.02 Å². The molecule has 0 saturated carbocycles. The normalized spacial score (nSPS) is 19.6. The molecule has 0 aliphatic carbocycles. The van der Waals surface area contributed by atoms with Gasteiger partial charge in [0.25, 0.3) is 5.91 Å². The fourth-order valence-electron chi connectivity index (χ4n) is 4.42. The van der Waals surface area contributed by atoms with Crippen molar-refractivity contribution in [3.8, 4) is 0 Å². The minimum atomic E-state index is 0.0271. The van der Waals surface area contributed by atoms with Crippen molar-refractivity contribution in [3.63, 3.8) is 0 Å². The van der Waals surface area contributed by atoms with Crippen LogP contribution in [0, 0.1) is 11.8 Å². The molecule has 144 valence electrons. The van der Waals surface area contributed by atoms with Crippen molar-refractivity contribution in [1.82, 2.24) is 14.8 Å². The van der Waals surface area contributed by atoms with Crippen molar-refractivity contribution in [3.05, 3.63) is 35.0 Å². The number of carbonyl (C=O) groups is 2. The van der Waals surface area contributed by atoms with Crippen molar-refractivity contribution < 1.29 is 9.59 Å². The van der Waals surface area contributed by atoms with E-state index in [1.54, 1.807) is 0 Å². The molecule has 1 aromatic heterocycles. The Morgan fingerprint density at radius 2 is 1.78 bits per heavy atom. The largest absolute Gasteiger partial charge is 0.351 e. The molecular weight excluding hydrogens is 362 g/mol. The summed E-state index contributed by atoms with van der Waals surface area (Å²) in [7, 11) is 0. The zero-order chi connectivity index (χ0) is 19.0. The topological polar surface area (TPSA) is 56.4 Å². The summed E-state index contributed by atoms with van der Waals surface area (Å²) in [5, 5.41) is 1.61. The average Bonchev–Trinajstić information content (AvgIpc) is 3.36. The van der Waals surface area contributed by atoms with E-state index in [1.807, 2.05) is 34.1 Å². The number of piperidine rings is 1. The number of aromatic nitrogens is 1. The minimum Gasteiger partial charge on any atom is -0.351 e. The number of nitrogens with one attached hydrogen (secondary N) is 1. The van der Waals surface area contributed by atoms with Crippen LogP contribution in [-0.2, 0) is 4.79 Å². The summed E-state index contributed by atoms with van der Waals surface area (Å²) in [6, 6.07) is 7.45. The highest BCUT2D eigenvalue weighted by Gasteiger charge is 2.33. The maximum atomic E-state index is 12.9. The van der Waals surface area contributed by atoms with Crippen LogP contribution < -0.4 is 0 Å². The molecule has 0 bridgehead atoms. The number of halogens is 1. The van der Waals surface area contributed by atoms with E-state index in [2.05, 4.69) is 11.9 Å². The number of H-pyrrole nitrogens is 1. The number of benzene rings is 1. The van der Waals surface area contributed by atoms with E-state index in [-0.39, 0.29) is 11.8 Å². The molecule has 2 amide bonds. The zero-order valence-corrected chi connectivity index (χ0v) is 16.5. The summed E-state index contributed by atoms with van der Waals surface area (Å²) in [5.74, 6) is 0.739. The molecule has 1 unspecified atom stereocenters. The number of carbonyl (C=O) groups excluding carboxylic acids is 2. The first-order valence-corrected chi connectivity index (χ1v) is 10.3. The Hall–Kier alpha value is -2.01. The maximum absolute atomic E-state index is 12.9. The molecule has 27 heavy (non-hydrogen) atoms. The molecule has 1 aromatic carbocycles. The lowest BCUT2D eigenvalue weighted by Crippen LogP contribution is -2.43. The SMILES string of the molecule is CC(C(=O)N1CCCC1)C1CCN(C(=O)c2cc3cc(Cl)ccc3[nH]2)CC1. The van der Waals surface area contributed by atoms with E-state index in [4.69, 9.17) is 11.6 Å². The number of nitrogens with zero attached hydrogens (tertiary/aromatic N) is 2. The van der Waals surface area contributed by atoms with Crippen molar-refractivity contribution in [1.29, 1.82) is 0 Å². The van der Waals surface area contributed by atoms with E-state index in [0.717, 1.165) is 49.7 Å². The Balaban J connectivity index is 1.37. The lowest BCUT2D eigenvalue weighted by molar-refractivity contribution is -0.136. The molecule has 0 radical (unpaired) electrons. The lowest BCUT2D eigenvalue weighted by Gasteiger charge is -2.35. The van der Waals surface area contributed by atoms with E-state index < -0.39 is 0 Å². The van der Waals surface area contributed by atoms with Gasteiger partial charge < -0.3 is 14.8 Å². The monoisotopic (exact) mass is 387 g/mol. The van der Waals surface area contributed by atoms with Gasteiger partial charge in [-0.05, 0) is 55.9 Å². The second kappa shape index (κ2) is 7.55. The van der Waals surface area contributed by atoms with Crippen molar-refractivity contribution in [2.75, 3.05) is 26.2 Å². The lowest BCUT2D eigenvalue weighted by atomic mass is 9.84. The molecule has 5 nitrogen and oxygen atoms in total. The number of likely N-dealkylation sites (tertiary alicyclic amines) is 2. The Morgan fingerprint density at radius 3 is 2.48 bits per heavy atom. The van der Waals surface area contributed by atoms with Gasteiger partial charge in [-0.2, -0.15) is 0 Å². The molecule has 2 aliphatic heterocycles. The van der Waals surface area contributed by atoms with Crippen LogP contribution in [0.15, 0.2) is 24.3 Å². The standard InChI is InChI=1S/C21H26ClN3O2/c1-14(20(26)24-8-2-3-9-24)15-6-10-25(11-7-15)21(27)19-13-16-12-17(22)4-5-18(16)23-19/h4-5,12-15,23H,2-3,6-11H2,1H3. The summed E-state index contributed by atoms with van der Waals surface area (Å²) in [6.45, 7) is 5.29. The minimum absolute atomic E-state index is 0.0271. The summed E-state index contributed by atoms with van der Waals surface area (Å²) < 4.78 is 0. The number of rotatable bonds is 3. The van der Waals surface area contributed by atoms with Crippen LogP contribution in [0.1, 0.15) is 43.1 Å². The van der Waals surface area contributed by atoms with Crippen molar-refractivity contribution in [2.24, 2.45) is 11.8 Å². The second-order valence-corrected chi connectivity index (χ2v) is 8.30. The fraction of sp³-hybridized carbons (Fsp3) is 0.524. The summed E-state index contributed by atoms with van der Waals surface area (Å²) in [4.78, 5) is 32.6. The molecule has 4 rings (SSSR count). The van der Waals surface area contributed by atoms with Crippen LogP contribution in [0.5, 0.6) is 0 Å². The molecule has 2 aromatic rings. The van der Waals surface area contributed by atoms with E-state index in [9.17, 15) is 9.59 Å². The average molecular weight is 388 g/mol. The molecule has 1 atom stereocenters. The van der Waals surface area contributed by atoms with Crippen molar-refractivity contribution in [2.45, 2.75) is 32.6 Å². The fourth-order valence-corrected chi connectivity index (χ4v) is 4.60. The van der Waals surface area contributed by atoms with Crippen LogP contribution in [-0.4, -0.2) is 52.8 Å². The van der Waals surface area contributed by atoms with Gasteiger partial charge in [-0.3, -0.25) is 9.59 Å².